The van der Waals surface area contributed by atoms with Gasteiger partial charge >= 0.3 is 0 Å². The summed E-state index contributed by atoms with van der Waals surface area (Å²) in [6, 6.07) is 7.73. The van der Waals surface area contributed by atoms with E-state index in [1.54, 1.807) is 0 Å². The van der Waals surface area contributed by atoms with E-state index in [4.69, 9.17) is 5.73 Å². The van der Waals surface area contributed by atoms with E-state index in [9.17, 15) is 4.79 Å². The minimum atomic E-state index is -0.460. The fourth-order valence-electron chi connectivity index (χ4n) is 2.17. The average molecular weight is 245 g/mol. The van der Waals surface area contributed by atoms with Gasteiger partial charge in [0.05, 0.1) is 5.52 Å². The van der Waals surface area contributed by atoms with Gasteiger partial charge in [0.2, 0.25) is 0 Å². The first-order valence-corrected chi connectivity index (χ1v) is 6.49. The lowest BCUT2D eigenvalue weighted by atomic mass is 10.2. The molecule has 18 heavy (non-hydrogen) atoms. The molecule has 1 aromatic carbocycles. The topological polar surface area (TPSA) is 60.9 Å². The highest BCUT2D eigenvalue weighted by atomic mass is 16.1. The number of carbonyl (C=O) groups excluding carboxylic acids is 1. The number of rotatable bonds is 6. The number of aryl methyl sites for hydroxylation is 1. The van der Waals surface area contributed by atoms with Crippen LogP contribution in [0.4, 0.5) is 0 Å². The normalized spacial score (nSPS) is 10.9. The lowest BCUT2D eigenvalue weighted by molar-refractivity contribution is 0.0996. The third-order valence-electron chi connectivity index (χ3n) is 3.11. The summed E-state index contributed by atoms with van der Waals surface area (Å²) in [6.45, 7) is 3.03. The molecule has 2 N–H and O–H groups in total. The number of primary amides is 1. The van der Waals surface area contributed by atoms with Crippen molar-refractivity contribution in [2.75, 3.05) is 0 Å². The smallest absolute Gasteiger partial charge is 0.269 e. The lowest BCUT2D eigenvalue weighted by Crippen LogP contribution is -2.13. The maximum atomic E-state index is 11.4. The van der Waals surface area contributed by atoms with Crippen molar-refractivity contribution in [3.63, 3.8) is 0 Å². The van der Waals surface area contributed by atoms with Crippen molar-refractivity contribution in [1.82, 2.24) is 9.78 Å². The van der Waals surface area contributed by atoms with Crippen LogP contribution in [0.1, 0.15) is 43.1 Å². The molecule has 2 aromatic rings. The average Bonchev–Trinajstić information content (AvgIpc) is 2.74. The molecule has 0 bridgehead atoms. The van der Waals surface area contributed by atoms with Gasteiger partial charge in [0, 0.05) is 11.9 Å². The molecule has 0 spiro atoms. The van der Waals surface area contributed by atoms with E-state index >= 15 is 0 Å². The molecule has 1 heterocycles. The minimum Gasteiger partial charge on any atom is -0.364 e. The Hall–Kier alpha value is -1.84. The van der Waals surface area contributed by atoms with Gasteiger partial charge in [-0.15, -0.1) is 0 Å². The van der Waals surface area contributed by atoms with Crippen molar-refractivity contribution in [2.24, 2.45) is 5.73 Å². The van der Waals surface area contributed by atoms with Gasteiger partial charge in [-0.25, -0.2) is 0 Å². The Morgan fingerprint density at radius 3 is 2.78 bits per heavy atom. The van der Waals surface area contributed by atoms with E-state index in [0.717, 1.165) is 23.9 Å². The minimum absolute atomic E-state index is 0.376. The molecule has 4 heteroatoms. The van der Waals surface area contributed by atoms with Crippen LogP contribution in [0.2, 0.25) is 0 Å². The second kappa shape index (κ2) is 5.67. The highest BCUT2D eigenvalue weighted by Crippen LogP contribution is 2.18. The Kier molecular flexibility index (Phi) is 3.97. The zero-order valence-corrected chi connectivity index (χ0v) is 10.7. The largest absolute Gasteiger partial charge is 0.364 e. The van der Waals surface area contributed by atoms with Gasteiger partial charge in [-0.2, -0.15) is 5.10 Å². The second-order valence-corrected chi connectivity index (χ2v) is 4.51. The van der Waals surface area contributed by atoms with Crippen LogP contribution in [0.5, 0.6) is 0 Å². The molecule has 1 amide bonds. The number of nitrogens with zero attached hydrogens (tertiary/aromatic N) is 2. The molecule has 0 atom stereocenters. The highest BCUT2D eigenvalue weighted by molar-refractivity contribution is 6.04. The molecule has 96 valence electrons. The van der Waals surface area contributed by atoms with E-state index in [2.05, 4.69) is 12.0 Å². The Labute approximate surface area is 107 Å². The summed E-state index contributed by atoms with van der Waals surface area (Å²) in [4.78, 5) is 11.4. The van der Waals surface area contributed by atoms with Crippen LogP contribution < -0.4 is 5.73 Å². The molecule has 0 saturated carbocycles. The van der Waals surface area contributed by atoms with Crippen LogP contribution in [-0.2, 0) is 6.54 Å². The number of aromatic nitrogens is 2. The Morgan fingerprint density at radius 2 is 2.06 bits per heavy atom. The number of carbonyl (C=O) groups is 1. The molecule has 0 unspecified atom stereocenters. The van der Waals surface area contributed by atoms with Crippen LogP contribution in [0.15, 0.2) is 24.3 Å². The second-order valence-electron chi connectivity index (χ2n) is 4.51. The molecule has 2 rings (SSSR count). The Balaban J connectivity index is 2.24. The number of amides is 1. The van der Waals surface area contributed by atoms with E-state index in [-0.39, 0.29) is 0 Å². The first-order valence-electron chi connectivity index (χ1n) is 6.49. The standard InChI is InChI=1S/C14H19N3O/c1-2-3-4-7-10-17-12-9-6-5-8-11(12)13(16-17)14(15)18/h5-6,8-9H,2-4,7,10H2,1H3,(H2,15,18). The van der Waals surface area contributed by atoms with Crippen molar-refractivity contribution >= 4 is 16.8 Å². The molecular formula is C14H19N3O. The Morgan fingerprint density at radius 1 is 1.28 bits per heavy atom. The van der Waals surface area contributed by atoms with Crippen molar-refractivity contribution in [3.8, 4) is 0 Å². The van der Waals surface area contributed by atoms with Crippen molar-refractivity contribution in [2.45, 2.75) is 39.2 Å². The fourth-order valence-corrected chi connectivity index (χ4v) is 2.17. The highest BCUT2D eigenvalue weighted by Gasteiger charge is 2.13. The summed E-state index contributed by atoms with van der Waals surface area (Å²) in [5.41, 5.74) is 6.72. The van der Waals surface area contributed by atoms with Gasteiger partial charge in [-0.3, -0.25) is 9.48 Å². The molecule has 0 aliphatic heterocycles. The maximum absolute atomic E-state index is 11.4. The van der Waals surface area contributed by atoms with Gasteiger partial charge in [0.1, 0.15) is 0 Å². The van der Waals surface area contributed by atoms with Crippen LogP contribution in [0.3, 0.4) is 0 Å². The van der Waals surface area contributed by atoms with Crippen LogP contribution >= 0.6 is 0 Å². The molecule has 0 aliphatic carbocycles. The van der Waals surface area contributed by atoms with Crippen molar-refractivity contribution in [3.05, 3.63) is 30.0 Å². The van der Waals surface area contributed by atoms with E-state index in [1.165, 1.54) is 19.3 Å². The van der Waals surface area contributed by atoms with E-state index < -0.39 is 5.91 Å². The third kappa shape index (κ3) is 2.53. The molecule has 0 saturated heterocycles. The van der Waals surface area contributed by atoms with Gasteiger partial charge in [-0.05, 0) is 12.5 Å². The van der Waals surface area contributed by atoms with Crippen molar-refractivity contribution < 1.29 is 4.79 Å². The first-order chi connectivity index (χ1) is 8.74. The summed E-state index contributed by atoms with van der Waals surface area (Å²) in [7, 11) is 0. The van der Waals surface area contributed by atoms with Crippen molar-refractivity contribution in [1.29, 1.82) is 0 Å². The molecule has 4 nitrogen and oxygen atoms in total. The van der Waals surface area contributed by atoms with E-state index in [0.29, 0.717) is 5.69 Å². The number of benzene rings is 1. The predicted molar refractivity (Wildman–Crippen MR) is 72.4 cm³/mol. The number of hydrogen-bond acceptors (Lipinski definition) is 2. The van der Waals surface area contributed by atoms with Crippen LogP contribution in [0.25, 0.3) is 10.9 Å². The monoisotopic (exact) mass is 245 g/mol. The van der Waals surface area contributed by atoms with Gasteiger partial charge < -0.3 is 5.73 Å². The first kappa shape index (κ1) is 12.6. The quantitative estimate of drug-likeness (QED) is 0.795. The number of fused-ring (bicyclic) bond motifs is 1. The zero-order valence-electron chi connectivity index (χ0n) is 10.7. The number of nitrogens with two attached hydrogens (primary N) is 1. The summed E-state index contributed by atoms with van der Waals surface area (Å²) in [5.74, 6) is -0.460. The lowest BCUT2D eigenvalue weighted by Gasteiger charge is -2.02. The number of hydrogen-bond donors (Lipinski definition) is 1. The molecular weight excluding hydrogens is 226 g/mol. The summed E-state index contributed by atoms with van der Waals surface area (Å²) in [6.07, 6.45) is 4.72. The third-order valence-corrected chi connectivity index (χ3v) is 3.11. The molecule has 0 radical (unpaired) electrons. The van der Waals surface area contributed by atoms with Gasteiger partial charge in [0.25, 0.3) is 5.91 Å². The molecule has 0 aliphatic rings. The maximum Gasteiger partial charge on any atom is 0.269 e. The fraction of sp³-hybridized carbons (Fsp3) is 0.429. The van der Waals surface area contributed by atoms with Gasteiger partial charge in [-0.1, -0.05) is 44.4 Å². The molecule has 1 aromatic heterocycles. The summed E-state index contributed by atoms with van der Waals surface area (Å²) in [5, 5.41) is 5.18. The van der Waals surface area contributed by atoms with Gasteiger partial charge in [0.15, 0.2) is 5.69 Å². The zero-order chi connectivity index (χ0) is 13.0. The van der Waals surface area contributed by atoms with E-state index in [1.807, 2.05) is 28.9 Å². The number of para-hydroxylation sites is 1. The summed E-state index contributed by atoms with van der Waals surface area (Å²) >= 11 is 0. The Bertz CT molecular complexity index is 545. The summed E-state index contributed by atoms with van der Waals surface area (Å²) < 4.78 is 1.89. The van der Waals surface area contributed by atoms with Crippen LogP contribution in [-0.4, -0.2) is 15.7 Å². The molecule has 0 fully saturated rings. The SMILES string of the molecule is CCCCCCn1nc(C(N)=O)c2ccccc21. The van der Waals surface area contributed by atoms with Crippen LogP contribution in [0, 0.1) is 0 Å². The predicted octanol–water partition coefficient (Wildman–Crippen LogP) is 2.72. The number of unbranched alkanes of at least 4 members (excludes halogenated alkanes) is 3.